The number of rotatable bonds is 14. The van der Waals surface area contributed by atoms with E-state index < -0.39 is 20.2 Å². The molecule has 0 unspecified atom stereocenters. The molecule has 12 nitrogen and oxygen atoms in total. The van der Waals surface area contributed by atoms with Crippen molar-refractivity contribution in [3.63, 3.8) is 0 Å². The summed E-state index contributed by atoms with van der Waals surface area (Å²) >= 11 is 0. The summed E-state index contributed by atoms with van der Waals surface area (Å²) in [5, 5.41) is 17.3. The van der Waals surface area contributed by atoms with Gasteiger partial charge in [0.1, 0.15) is 0 Å². The average Bonchev–Trinajstić information content (AvgIpc) is 3.11. The summed E-state index contributed by atoms with van der Waals surface area (Å²) in [6.07, 6.45) is 0. The SMILES string of the molecule is CCN(Cc1cccc(S(=O)(=O)O)c1)c1ccc(N=Nc2ccc(N=Nc3ccc(N(CC)Cc4cccc(S(=O)(=O)O)c4)cc3)cc2)cc1. The molecule has 50 heavy (non-hydrogen) atoms. The lowest BCUT2D eigenvalue weighted by Crippen LogP contribution is -2.22. The van der Waals surface area contributed by atoms with E-state index in [2.05, 4.69) is 30.3 Å². The van der Waals surface area contributed by atoms with Crippen LogP contribution in [0.15, 0.2) is 152 Å². The van der Waals surface area contributed by atoms with E-state index >= 15 is 0 Å². The predicted molar refractivity (Wildman–Crippen MR) is 194 cm³/mol. The highest BCUT2D eigenvalue weighted by Gasteiger charge is 2.13. The second-order valence-corrected chi connectivity index (χ2v) is 14.1. The topological polar surface area (TPSA) is 165 Å². The first-order chi connectivity index (χ1) is 23.9. The van der Waals surface area contributed by atoms with Crippen molar-refractivity contribution in [2.45, 2.75) is 36.7 Å². The van der Waals surface area contributed by atoms with E-state index in [4.69, 9.17) is 0 Å². The maximum absolute atomic E-state index is 11.5. The molecule has 2 N–H and O–H groups in total. The van der Waals surface area contributed by atoms with E-state index in [1.54, 1.807) is 36.4 Å². The van der Waals surface area contributed by atoms with Crippen molar-refractivity contribution in [2.75, 3.05) is 22.9 Å². The standard InChI is InChI=1S/C36H36N6O6S2/c1-3-41(25-27-7-5-9-35(23-27)49(43,44)45)33-19-15-31(16-20-33)39-37-29-11-13-30(14-12-29)38-40-32-17-21-34(22-18-32)42(4-2)26-28-8-6-10-36(24-28)50(46,47)48/h5-24H,3-4,25-26H2,1-2H3,(H,43,44,45)(H,46,47,48). The molecule has 0 aliphatic heterocycles. The van der Waals surface area contributed by atoms with Gasteiger partial charge < -0.3 is 9.80 Å². The molecule has 14 heteroatoms. The molecule has 0 saturated carbocycles. The van der Waals surface area contributed by atoms with E-state index in [9.17, 15) is 25.9 Å². The minimum Gasteiger partial charge on any atom is -0.367 e. The van der Waals surface area contributed by atoms with Crippen molar-refractivity contribution in [3.05, 3.63) is 132 Å². The van der Waals surface area contributed by atoms with Gasteiger partial charge in [-0.2, -0.15) is 37.3 Å². The molecule has 0 radical (unpaired) electrons. The van der Waals surface area contributed by atoms with Gasteiger partial charge in [0.15, 0.2) is 0 Å². The summed E-state index contributed by atoms with van der Waals surface area (Å²) in [6, 6.07) is 34.8. The second-order valence-electron chi connectivity index (χ2n) is 11.2. The molecule has 0 aromatic heterocycles. The molecule has 0 amide bonds. The van der Waals surface area contributed by atoms with Gasteiger partial charge >= 0.3 is 0 Å². The molecule has 258 valence electrons. The van der Waals surface area contributed by atoms with E-state index in [0.29, 0.717) is 48.9 Å². The van der Waals surface area contributed by atoms with Crippen molar-refractivity contribution >= 4 is 54.4 Å². The van der Waals surface area contributed by atoms with Crippen molar-refractivity contribution in [3.8, 4) is 0 Å². The molecule has 5 aromatic rings. The van der Waals surface area contributed by atoms with Gasteiger partial charge in [-0.1, -0.05) is 24.3 Å². The summed E-state index contributed by atoms with van der Waals surface area (Å²) in [7, 11) is -8.54. The third-order valence-corrected chi connectivity index (χ3v) is 9.44. The Bertz CT molecular complexity index is 2030. The Labute approximate surface area is 292 Å². The molecule has 0 fully saturated rings. The zero-order valence-electron chi connectivity index (χ0n) is 27.4. The van der Waals surface area contributed by atoms with Crippen LogP contribution in [-0.4, -0.2) is 39.0 Å². The fraction of sp³-hybridized carbons (Fsp3) is 0.167. The second kappa shape index (κ2) is 16.0. The molecule has 0 aliphatic rings. The zero-order valence-corrected chi connectivity index (χ0v) is 29.0. The Morgan fingerprint density at radius 2 is 0.780 bits per heavy atom. The molecule has 0 saturated heterocycles. The first kappa shape index (κ1) is 36.0. The van der Waals surface area contributed by atoms with Crippen molar-refractivity contribution in [1.82, 2.24) is 0 Å². The van der Waals surface area contributed by atoms with Crippen LogP contribution in [0.5, 0.6) is 0 Å². The molecular formula is C36H36N6O6S2. The molecule has 0 spiro atoms. The minimum absolute atomic E-state index is 0.132. The number of azo groups is 2. The zero-order chi connectivity index (χ0) is 35.7. The maximum Gasteiger partial charge on any atom is 0.294 e. The predicted octanol–water partition coefficient (Wildman–Crippen LogP) is 9.06. The molecule has 0 atom stereocenters. The summed E-state index contributed by atoms with van der Waals surface area (Å²) in [5.74, 6) is 0. The van der Waals surface area contributed by atoms with Gasteiger partial charge in [-0.3, -0.25) is 9.11 Å². The molecule has 0 bridgehead atoms. The number of benzene rings is 5. The highest BCUT2D eigenvalue weighted by Crippen LogP contribution is 2.27. The molecule has 0 aliphatic carbocycles. The fourth-order valence-electron chi connectivity index (χ4n) is 5.10. The van der Waals surface area contributed by atoms with Crippen LogP contribution in [0.2, 0.25) is 0 Å². The summed E-state index contributed by atoms with van der Waals surface area (Å²) in [6.45, 7) is 6.30. The highest BCUT2D eigenvalue weighted by molar-refractivity contribution is 7.86. The van der Waals surface area contributed by atoms with Crippen LogP contribution in [-0.2, 0) is 33.3 Å². The van der Waals surface area contributed by atoms with Gasteiger partial charge in [0.05, 0.1) is 32.5 Å². The van der Waals surface area contributed by atoms with E-state index in [-0.39, 0.29) is 9.79 Å². The minimum atomic E-state index is -4.27. The largest absolute Gasteiger partial charge is 0.367 e. The van der Waals surface area contributed by atoms with Crippen molar-refractivity contribution in [1.29, 1.82) is 0 Å². The van der Waals surface area contributed by atoms with Crippen LogP contribution in [0.4, 0.5) is 34.1 Å². The number of hydrogen-bond acceptors (Lipinski definition) is 10. The summed E-state index contributed by atoms with van der Waals surface area (Å²) < 4.78 is 64.8. The lowest BCUT2D eigenvalue weighted by atomic mass is 10.2. The van der Waals surface area contributed by atoms with Crippen LogP contribution in [0, 0.1) is 0 Å². The van der Waals surface area contributed by atoms with E-state index in [0.717, 1.165) is 22.5 Å². The van der Waals surface area contributed by atoms with Gasteiger partial charge in [-0.25, -0.2) is 0 Å². The molecule has 0 heterocycles. The van der Waals surface area contributed by atoms with Crippen LogP contribution in [0.25, 0.3) is 0 Å². The first-order valence-corrected chi connectivity index (χ1v) is 18.6. The molecule has 5 aromatic carbocycles. The smallest absolute Gasteiger partial charge is 0.294 e. The number of nitrogens with zero attached hydrogens (tertiary/aromatic N) is 6. The van der Waals surface area contributed by atoms with E-state index in [1.165, 1.54) is 24.3 Å². The van der Waals surface area contributed by atoms with Crippen LogP contribution >= 0.6 is 0 Å². The molecule has 5 rings (SSSR count). The summed E-state index contributed by atoms with van der Waals surface area (Å²) in [5.41, 5.74) is 6.00. The van der Waals surface area contributed by atoms with Crippen molar-refractivity contribution in [2.24, 2.45) is 20.5 Å². The van der Waals surface area contributed by atoms with Crippen LogP contribution in [0.3, 0.4) is 0 Å². The normalized spacial score (nSPS) is 12.1. The van der Waals surface area contributed by atoms with Gasteiger partial charge in [-0.15, -0.1) is 0 Å². The first-order valence-electron chi connectivity index (χ1n) is 15.7. The van der Waals surface area contributed by atoms with E-state index in [1.807, 2.05) is 74.5 Å². The fourth-order valence-corrected chi connectivity index (χ4v) is 6.20. The maximum atomic E-state index is 11.5. The Morgan fingerprint density at radius 1 is 0.480 bits per heavy atom. The third kappa shape index (κ3) is 9.89. The quantitative estimate of drug-likeness (QED) is 0.0850. The molecular weight excluding hydrogens is 677 g/mol. The van der Waals surface area contributed by atoms with Gasteiger partial charge in [0, 0.05) is 37.6 Å². The van der Waals surface area contributed by atoms with Crippen LogP contribution < -0.4 is 9.80 Å². The lowest BCUT2D eigenvalue weighted by Gasteiger charge is -2.23. The number of anilines is 2. The van der Waals surface area contributed by atoms with Crippen molar-refractivity contribution < 1.29 is 25.9 Å². The Balaban J connectivity index is 1.16. The Kier molecular flexibility index (Phi) is 11.5. The highest BCUT2D eigenvalue weighted by atomic mass is 32.2. The van der Waals surface area contributed by atoms with Gasteiger partial charge in [0.25, 0.3) is 20.2 Å². The van der Waals surface area contributed by atoms with Gasteiger partial charge in [0.2, 0.25) is 0 Å². The lowest BCUT2D eigenvalue weighted by molar-refractivity contribution is 0.481. The number of hydrogen-bond donors (Lipinski definition) is 2. The van der Waals surface area contributed by atoms with Crippen LogP contribution in [0.1, 0.15) is 25.0 Å². The Morgan fingerprint density at radius 3 is 1.06 bits per heavy atom. The third-order valence-electron chi connectivity index (χ3n) is 7.74. The monoisotopic (exact) mass is 712 g/mol. The van der Waals surface area contributed by atoms with Gasteiger partial charge in [-0.05, 0) is 122 Å². The summed E-state index contributed by atoms with van der Waals surface area (Å²) in [4.78, 5) is 3.88. The Hall–Kier alpha value is -5.28. The average molecular weight is 713 g/mol.